The van der Waals surface area contributed by atoms with Crippen molar-refractivity contribution < 1.29 is 0 Å². The first-order valence-electron chi connectivity index (χ1n) is 5.16. The summed E-state index contributed by atoms with van der Waals surface area (Å²) >= 11 is 9.29. The first kappa shape index (κ1) is 14.0. The molecule has 2 rings (SSSR count). The van der Waals surface area contributed by atoms with Crippen molar-refractivity contribution in [3.05, 3.63) is 39.2 Å². The Balaban J connectivity index is 2.39. The van der Waals surface area contributed by atoms with Crippen LogP contribution < -0.4 is 5.32 Å². The van der Waals surface area contributed by atoms with Crippen LogP contribution in [0, 0.1) is 22.7 Å². The minimum Gasteiger partial charge on any atom is -0.358 e. The van der Waals surface area contributed by atoms with E-state index in [1.165, 1.54) is 6.20 Å². The number of nitriles is 2. The van der Waals surface area contributed by atoms with Crippen molar-refractivity contribution in [2.24, 2.45) is 0 Å². The first-order chi connectivity index (χ1) is 9.67. The molecular formula is C11H5BrClN7. The largest absolute Gasteiger partial charge is 0.358 e. The number of rotatable bonds is 3. The summed E-state index contributed by atoms with van der Waals surface area (Å²) in [5.41, 5.74) is 0.873. The van der Waals surface area contributed by atoms with Crippen LogP contribution in [0.1, 0.15) is 11.4 Å². The summed E-state index contributed by atoms with van der Waals surface area (Å²) in [5.74, 6) is 0.143. The van der Waals surface area contributed by atoms with Crippen molar-refractivity contribution in [2.75, 3.05) is 5.32 Å². The Morgan fingerprint density at radius 1 is 1.45 bits per heavy atom. The lowest BCUT2D eigenvalue weighted by Gasteiger charge is -2.08. The number of aromatic amines is 1. The second-order valence-electron chi connectivity index (χ2n) is 3.44. The topological polar surface area (TPSA) is 114 Å². The van der Waals surface area contributed by atoms with E-state index >= 15 is 0 Å². The third-order valence-corrected chi connectivity index (χ3v) is 3.26. The predicted molar refractivity (Wildman–Crippen MR) is 75.3 cm³/mol. The fourth-order valence-corrected chi connectivity index (χ4v) is 2.00. The maximum atomic E-state index is 9.13. The molecule has 1 aromatic carbocycles. The molecule has 0 spiro atoms. The molecule has 0 aliphatic rings. The summed E-state index contributed by atoms with van der Waals surface area (Å²) in [6.45, 7) is 0. The average molecular weight is 351 g/mol. The zero-order chi connectivity index (χ0) is 14.5. The van der Waals surface area contributed by atoms with Gasteiger partial charge in [0.15, 0.2) is 0 Å². The molecule has 1 aromatic heterocycles. The van der Waals surface area contributed by atoms with Crippen molar-refractivity contribution in [3.8, 4) is 12.1 Å². The van der Waals surface area contributed by atoms with Gasteiger partial charge in [-0.1, -0.05) is 11.6 Å². The first-order valence-corrected chi connectivity index (χ1v) is 6.33. The third kappa shape index (κ3) is 2.77. The zero-order valence-corrected chi connectivity index (χ0v) is 12.1. The molecule has 2 aromatic rings. The number of nitrogens with zero attached hydrogens (tertiary/aromatic N) is 5. The second-order valence-corrected chi connectivity index (χ2v) is 4.70. The zero-order valence-electron chi connectivity index (χ0n) is 9.72. The normalized spacial score (nSPS) is 10.7. The Labute approximate surface area is 127 Å². The smallest absolute Gasteiger partial charge is 0.216 e. The maximum Gasteiger partial charge on any atom is 0.216 e. The van der Waals surface area contributed by atoms with Crippen LogP contribution in [0.5, 0.6) is 0 Å². The van der Waals surface area contributed by atoms with Crippen LogP contribution in [-0.4, -0.2) is 20.6 Å². The highest BCUT2D eigenvalue weighted by Crippen LogP contribution is 2.31. The molecule has 0 bridgehead atoms. The van der Waals surface area contributed by atoms with E-state index in [0.29, 0.717) is 20.7 Å². The number of hydrogen-bond donors (Lipinski definition) is 2. The molecule has 0 aliphatic heterocycles. The Bertz CT molecular complexity index is 739. The van der Waals surface area contributed by atoms with Crippen LogP contribution in [0.3, 0.4) is 0 Å². The number of hydrogen-bond acceptors (Lipinski definition) is 6. The Hall–Kier alpha value is -2.42. The van der Waals surface area contributed by atoms with Gasteiger partial charge in [0.05, 0.1) is 16.3 Å². The number of anilines is 1. The number of nitrogens with one attached hydrogen (secondary N) is 2. The standard InChI is InChI=1S/C11H5BrClN7/c12-8-1-2-9(13)10(7(8)4-15)16-5-6(3-14)11-17-19-20-18-11/h1-2,5,16H,(H,17,18,19,20). The molecule has 2 N–H and O–H groups in total. The van der Waals surface area contributed by atoms with Gasteiger partial charge in [-0.25, -0.2) is 0 Å². The number of H-pyrrole nitrogens is 1. The summed E-state index contributed by atoms with van der Waals surface area (Å²) < 4.78 is 0.596. The van der Waals surface area contributed by atoms with Gasteiger partial charge in [-0.05, 0) is 33.3 Å². The highest BCUT2D eigenvalue weighted by Gasteiger charge is 2.11. The van der Waals surface area contributed by atoms with Gasteiger partial charge >= 0.3 is 0 Å². The maximum absolute atomic E-state index is 9.13. The van der Waals surface area contributed by atoms with Crippen LogP contribution in [0.25, 0.3) is 5.57 Å². The highest BCUT2D eigenvalue weighted by molar-refractivity contribution is 9.10. The van der Waals surface area contributed by atoms with Gasteiger partial charge in [-0.15, -0.1) is 10.2 Å². The number of allylic oxidation sites excluding steroid dienone is 1. The number of tetrazole rings is 1. The van der Waals surface area contributed by atoms with E-state index in [0.717, 1.165) is 0 Å². The Kier molecular flexibility index (Phi) is 4.31. The van der Waals surface area contributed by atoms with Crippen LogP contribution >= 0.6 is 27.5 Å². The molecule has 0 amide bonds. The second kappa shape index (κ2) is 6.15. The van der Waals surface area contributed by atoms with Crippen molar-refractivity contribution in [3.63, 3.8) is 0 Å². The van der Waals surface area contributed by atoms with E-state index in [1.54, 1.807) is 12.1 Å². The SMILES string of the molecule is N#CC(=CNc1c(Cl)ccc(Br)c1C#N)c1nn[nH]n1. The molecule has 0 saturated heterocycles. The van der Waals surface area contributed by atoms with Gasteiger partial charge < -0.3 is 5.32 Å². The molecule has 98 valence electrons. The van der Waals surface area contributed by atoms with E-state index in [9.17, 15) is 0 Å². The van der Waals surface area contributed by atoms with Gasteiger partial charge in [0.25, 0.3) is 0 Å². The van der Waals surface area contributed by atoms with E-state index in [2.05, 4.69) is 41.9 Å². The molecule has 0 fully saturated rings. The van der Waals surface area contributed by atoms with Gasteiger partial charge in [0.1, 0.15) is 17.7 Å². The third-order valence-electron chi connectivity index (χ3n) is 2.28. The fourth-order valence-electron chi connectivity index (χ4n) is 1.37. The summed E-state index contributed by atoms with van der Waals surface area (Å²) in [5, 5.41) is 34.4. The van der Waals surface area contributed by atoms with Gasteiger partial charge in [0.2, 0.25) is 5.82 Å². The molecule has 0 atom stereocenters. The monoisotopic (exact) mass is 349 g/mol. The molecule has 1 heterocycles. The van der Waals surface area contributed by atoms with Gasteiger partial charge in [0, 0.05) is 10.7 Å². The molecule has 7 nitrogen and oxygen atoms in total. The summed E-state index contributed by atoms with van der Waals surface area (Å²) in [6, 6.07) is 7.24. The molecule has 9 heteroatoms. The predicted octanol–water partition coefficient (Wildman–Crippen LogP) is 2.46. The summed E-state index contributed by atoms with van der Waals surface area (Å²) in [4.78, 5) is 0. The number of benzene rings is 1. The van der Waals surface area contributed by atoms with Crippen LogP contribution in [0.15, 0.2) is 22.8 Å². The quantitative estimate of drug-likeness (QED) is 0.822. The lowest BCUT2D eigenvalue weighted by Crippen LogP contribution is -1.97. The molecule has 0 saturated carbocycles. The number of halogens is 2. The summed E-state index contributed by atoms with van der Waals surface area (Å²) in [7, 11) is 0. The van der Waals surface area contributed by atoms with Gasteiger partial charge in [-0.2, -0.15) is 15.7 Å². The van der Waals surface area contributed by atoms with Gasteiger partial charge in [-0.3, -0.25) is 0 Å². The lowest BCUT2D eigenvalue weighted by molar-refractivity contribution is 0.881. The molecular weight excluding hydrogens is 346 g/mol. The van der Waals surface area contributed by atoms with Crippen molar-refractivity contribution >= 4 is 38.8 Å². The van der Waals surface area contributed by atoms with Crippen LogP contribution in [-0.2, 0) is 0 Å². The van der Waals surface area contributed by atoms with Crippen molar-refractivity contribution in [2.45, 2.75) is 0 Å². The lowest BCUT2D eigenvalue weighted by atomic mass is 10.2. The van der Waals surface area contributed by atoms with E-state index in [4.69, 9.17) is 22.1 Å². The number of aromatic nitrogens is 4. The van der Waals surface area contributed by atoms with Crippen molar-refractivity contribution in [1.82, 2.24) is 20.6 Å². The van der Waals surface area contributed by atoms with E-state index < -0.39 is 0 Å². The molecule has 0 unspecified atom stereocenters. The van der Waals surface area contributed by atoms with E-state index in [-0.39, 0.29) is 11.4 Å². The van der Waals surface area contributed by atoms with E-state index in [1.807, 2.05) is 12.1 Å². The Morgan fingerprint density at radius 2 is 2.25 bits per heavy atom. The molecule has 0 radical (unpaired) electrons. The minimum absolute atomic E-state index is 0.143. The minimum atomic E-state index is 0.143. The summed E-state index contributed by atoms with van der Waals surface area (Å²) in [6.07, 6.45) is 1.36. The highest BCUT2D eigenvalue weighted by atomic mass is 79.9. The molecule has 0 aliphatic carbocycles. The molecule has 20 heavy (non-hydrogen) atoms. The van der Waals surface area contributed by atoms with Crippen LogP contribution in [0.4, 0.5) is 5.69 Å². The fraction of sp³-hybridized carbons (Fsp3) is 0. The van der Waals surface area contributed by atoms with Crippen LogP contribution in [0.2, 0.25) is 5.02 Å². The van der Waals surface area contributed by atoms with Crippen molar-refractivity contribution in [1.29, 1.82) is 10.5 Å². The average Bonchev–Trinajstić information content (AvgIpc) is 2.97. The Morgan fingerprint density at radius 3 is 2.85 bits per heavy atom.